The molecule has 1 saturated heterocycles. The summed E-state index contributed by atoms with van der Waals surface area (Å²) in [5, 5.41) is 22.2. The molecular weight excluding hydrogens is 337 g/mol. The first-order valence-corrected chi connectivity index (χ1v) is 8.63. The van der Waals surface area contributed by atoms with Crippen LogP contribution in [0.1, 0.15) is 41.9 Å². The molecule has 1 fully saturated rings. The van der Waals surface area contributed by atoms with Crippen LogP contribution in [0, 0.1) is 5.82 Å². The van der Waals surface area contributed by atoms with Gasteiger partial charge in [0.05, 0.1) is 12.1 Å². The second-order valence-corrected chi connectivity index (χ2v) is 6.49. The summed E-state index contributed by atoms with van der Waals surface area (Å²) >= 11 is 0. The Labute approximate surface area is 151 Å². The van der Waals surface area contributed by atoms with E-state index in [0.717, 1.165) is 5.69 Å². The van der Waals surface area contributed by atoms with Gasteiger partial charge in [-0.25, -0.2) is 9.37 Å². The molecule has 0 aliphatic carbocycles. The molecule has 1 atom stereocenters. The van der Waals surface area contributed by atoms with Crippen molar-refractivity contribution >= 4 is 11.6 Å². The minimum atomic E-state index is -0.528. The molecule has 1 aliphatic rings. The number of benzene rings is 1. The molecule has 3 rings (SSSR count). The number of carbonyl (C=O) groups excluding carboxylic acids is 1. The second kappa shape index (κ2) is 7.70. The number of aromatic hydroxyl groups is 1. The van der Waals surface area contributed by atoms with Crippen molar-refractivity contribution in [3.05, 3.63) is 53.6 Å². The number of nitrogens with one attached hydrogen (secondary N) is 1. The summed E-state index contributed by atoms with van der Waals surface area (Å²) in [6, 6.07) is 6.93. The summed E-state index contributed by atoms with van der Waals surface area (Å²) in [6.45, 7) is 3.10. The van der Waals surface area contributed by atoms with Crippen LogP contribution in [0.3, 0.4) is 0 Å². The molecule has 1 aromatic carbocycles. The molecule has 1 aliphatic heterocycles. The van der Waals surface area contributed by atoms with Crippen molar-refractivity contribution in [2.75, 3.05) is 18.0 Å². The first kappa shape index (κ1) is 18.1. The van der Waals surface area contributed by atoms with Crippen molar-refractivity contribution in [3.8, 4) is 5.75 Å². The van der Waals surface area contributed by atoms with Crippen LogP contribution in [0.25, 0.3) is 0 Å². The Morgan fingerprint density at radius 3 is 2.77 bits per heavy atom. The monoisotopic (exact) mass is 359 g/mol. The molecule has 1 amide bonds. The summed E-state index contributed by atoms with van der Waals surface area (Å²) in [6.07, 6.45) is 2.42. The number of anilines is 1. The van der Waals surface area contributed by atoms with E-state index in [0.29, 0.717) is 31.5 Å². The third-order valence-corrected chi connectivity index (χ3v) is 4.61. The van der Waals surface area contributed by atoms with Crippen LogP contribution < -0.4 is 10.2 Å². The van der Waals surface area contributed by atoms with Gasteiger partial charge in [-0.1, -0.05) is 0 Å². The third-order valence-electron chi connectivity index (χ3n) is 4.61. The van der Waals surface area contributed by atoms with Gasteiger partial charge in [0.2, 0.25) is 0 Å². The Morgan fingerprint density at radius 1 is 1.35 bits per heavy atom. The molecule has 0 spiro atoms. The number of aromatic nitrogens is 1. The molecule has 26 heavy (non-hydrogen) atoms. The molecule has 0 radical (unpaired) electrons. The Bertz CT molecular complexity index is 791. The fraction of sp³-hybridized carbons (Fsp3) is 0.368. The lowest BCUT2D eigenvalue weighted by atomic mass is 10.0. The van der Waals surface area contributed by atoms with E-state index < -0.39 is 11.9 Å². The van der Waals surface area contributed by atoms with E-state index in [1.54, 1.807) is 13.0 Å². The van der Waals surface area contributed by atoms with Crippen LogP contribution in [0.15, 0.2) is 36.5 Å². The molecule has 6 nitrogen and oxygen atoms in total. The highest BCUT2D eigenvalue weighted by atomic mass is 19.1. The number of carbonyl (C=O) groups is 1. The summed E-state index contributed by atoms with van der Waals surface area (Å²) in [4.78, 5) is 18.4. The number of amides is 1. The van der Waals surface area contributed by atoms with Crippen molar-refractivity contribution in [1.29, 1.82) is 0 Å². The van der Waals surface area contributed by atoms with Gasteiger partial charge >= 0.3 is 0 Å². The molecule has 7 heteroatoms. The van der Waals surface area contributed by atoms with Gasteiger partial charge in [0.1, 0.15) is 11.6 Å². The van der Waals surface area contributed by atoms with Gasteiger partial charge in [0.25, 0.3) is 5.91 Å². The minimum Gasteiger partial charge on any atom is -0.505 e. The fourth-order valence-corrected chi connectivity index (χ4v) is 3.18. The number of aliphatic hydroxyl groups is 1. The topological polar surface area (TPSA) is 85.7 Å². The summed E-state index contributed by atoms with van der Waals surface area (Å²) in [5.74, 6) is -1.12. The molecule has 3 N–H and O–H groups in total. The van der Waals surface area contributed by atoms with E-state index in [4.69, 9.17) is 0 Å². The molecule has 0 bridgehead atoms. The van der Waals surface area contributed by atoms with Crippen molar-refractivity contribution in [3.63, 3.8) is 0 Å². The predicted molar refractivity (Wildman–Crippen MR) is 95.6 cm³/mol. The summed E-state index contributed by atoms with van der Waals surface area (Å²) < 4.78 is 13.8. The number of aliphatic hydroxyl groups excluding tert-OH is 1. The quantitative estimate of drug-likeness (QED) is 0.780. The van der Waals surface area contributed by atoms with E-state index in [9.17, 15) is 19.4 Å². The number of halogens is 1. The first-order valence-electron chi connectivity index (χ1n) is 8.63. The smallest absolute Gasteiger partial charge is 0.274 e. The molecule has 1 aromatic heterocycles. The van der Waals surface area contributed by atoms with Gasteiger partial charge < -0.3 is 20.4 Å². The zero-order valence-corrected chi connectivity index (χ0v) is 14.5. The lowest BCUT2D eigenvalue weighted by Gasteiger charge is -2.34. The zero-order valence-electron chi connectivity index (χ0n) is 14.5. The maximum atomic E-state index is 13.8. The molecule has 2 aromatic rings. The average Bonchev–Trinajstić information content (AvgIpc) is 2.62. The molecular formula is C19H22FN3O3. The van der Waals surface area contributed by atoms with Crippen molar-refractivity contribution in [1.82, 2.24) is 10.3 Å². The normalized spacial score (nSPS) is 16.3. The molecule has 1 unspecified atom stereocenters. The number of hydrogen-bond acceptors (Lipinski definition) is 5. The van der Waals surface area contributed by atoms with Crippen LogP contribution in [-0.4, -0.2) is 40.3 Å². The Morgan fingerprint density at radius 2 is 2.08 bits per heavy atom. The maximum Gasteiger partial charge on any atom is 0.274 e. The molecule has 2 heterocycles. The molecule has 138 valence electrons. The lowest BCUT2D eigenvalue weighted by Crippen LogP contribution is -2.37. The first-order chi connectivity index (χ1) is 12.5. The number of piperidine rings is 1. The maximum absolute atomic E-state index is 13.8. The molecule has 0 saturated carbocycles. The van der Waals surface area contributed by atoms with Gasteiger partial charge in [-0.05, 0) is 50.1 Å². The highest BCUT2D eigenvalue weighted by Crippen LogP contribution is 2.30. The SMILES string of the molecule is CC(NC(=O)c1ncccc1O)c1cc(F)ccc1N1CCC(O)CC1. The van der Waals surface area contributed by atoms with Crippen molar-refractivity contribution in [2.45, 2.75) is 31.9 Å². The van der Waals surface area contributed by atoms with Crippen LogP contribution in [-0.2, 0) is 0 Å². The van der Waals surface area contributed by atoms with Crippen molar-refractivity contribution in [2.24, 2.45) is 0 Å². The Hall–Kier alpha value is -2.67. The van der Waals surface area contributed by atoms with Crippen LogP contribution in [0.2, 0.25) is 0 Å². The predicted octanol–water partition coefficient (Wildman–Crippen LogP) is 2.38. The van der Waals surface area contributed by atoms with Gasteiger partial charge in [-0.3, -0.25) is 4.79 Å². The van der Waals surface area contributed by atoms with Gasteiger partial charge in [-0.15, -0.1) is 0 Å². The van der Waals surface area contributed by atoms with E-state index in [2.05, 4.69) is 15.2 Å². The second-order valence-electron chi connectivity index (χ2n) is 6.49. The van der Waals surface area contributed by atoms with E-state index >= 15 is 0 Å². The number of hydrogen-bond donors (Lipinski definition) is 3. The van der Waals surface area contributed by atoms with E-state index in [1.165, 1.54) is 30.5 Å². The van der Waals surface area contributed by atoms with Crippen LogP contribution >= 0.6 is 0 Å². The highest BCUT2D eigenvalue weighted by molar-refractivity contribution is 5.95. The summed E-state index contributed by atoms with van der Waals surface area (Å²) in [7, 11) is 0. The standard InChI is InChI=1S/C19H22FN3O3/c1-12(22-19(26)18-17(25)3-2-8-21-18)15-11-13(20)4-5-16(15)23-9-6-14(24)7-10-23/h2-5,8,11-12,14,24-25H,6-7,9-10H2,1H3,(H,22,26). The average molecular weight is 359 g/mol. The highest BCUT2D eigenvalue weighted by Gasteiger charge is 2.23. The number of rotatable bonds is 4. The van der Waals surface area contributed by atoms with Gasteiger partial charge in [0, 0.05) is 30.5 Å². The largest absolute Gasteiger partial charge is 0.505 e. The van der Waals surface area contributed by atoms with Crippen LogP contribution in [0.5, 0.6) is 5.75 Å². The summed E-state index contributed by atoms with van der Waals surface area (Å²) in [5.41, 5.74) is 1.40. The Balaban J connectivity index is 1.82. The number of pyridine rings is 1. The van der Waals surface area contributed by atoms with E-state index in [-0.39, 0.29) is 23.4 Å². The minimum absolute atomic E-state index is 0.0709. The van der Waals surface area contributed by atoms with Crippen LogP contribution in [0.4, 0.5) is 10.1 Å². The van der Waals surface area contributed by atoms with Gasteiger partial charge in [-0.2, -0.15) is 0 Å². The number of nitrogens with zero attached hydrogens (tertiary/aromatic N) is 2. The third kappa shape index (κ3) is 3.94. The fourth-order valence-electron chi connectivity index (χ4n) is 3.18. The zero-order chi connectivity index (χ0) is 18.7. The van der Waals surface area contributed by atoms with Crippen molar-refractivity contribution < 1.29 is 19.4 Å². The Kier molecular flexibility index (Phi) is 5.37. The van der Waals surface area contributed by atoms with Gasteiger partial charge in [0.15, 0.2) is 5.69 Å². The van der Waals surface area contributed by atoms with E-state index in [1.807, 2.05) is 0 Å². The lowest BCUT2D eigenvalue weighted by molar-refractivity contribution is 0.0932.